The first-order valence-corrected chi connectivity index (χ1v) is 12.7. The molecule has 4 heterocycles. The average Bonchev–Trinajstić information content (AvgIpc) is 3.27. The molecule has 0 atom stereocenters. The SMILES string of the molecule is C=CC(=O)Nc1ccc(-n2nc3c(=O)n(CC(F)(F)F)nc4c3c2-c2ccc(Oc3cccc(C)n3)cc2CN4)cc1. The van der Waals surface area contributed by atoms with E-state index in [-0.39, 0.29) is 29.2 Å². The molecular weight excluding hydrogens is 551 g/mol. The van der Waals surface area contributed by atoms with Crippen molar-refractivity contribution in [2.75, 3.05) is 10.6 Å². The lowest BCUT2D eigenvalue weighted by molar-refractivity contribution is -0.143. The Bertz CT molecular complexity index is 1930. The Labute approximate surface area is 236 Å². The molecule has 0 unspecified atom stereocenters. The minimum Gasteiger partial charge on any atom is -0.439 e. The molecule has 5 aromatic rings. The van der Waals surface area contributed by atoms with Crippen molar-refractivity contribution in [1.82, 2.24) is 24.5 Å². The highest BCUT2D eigenvalue weighted by Gasteiger charge is 2.32. The second-order valence-electron chi connectivity index (χ2n) is 9.54. The number of aromatic nitrogens is 5. The molecule has 1 aliphatic rings. The van der Waals surface area contributed by atoms with Gasteiger partial charge in [0, 0.05) is 29.6 Å². The lowest BCUT2D eigenvalue weighted by atomic mass is 10.0. The average molecular weight is 574 g/mol. The Morgan fingerprint density at radius 3 is 2.64 bits per heavy atom. The van der Waals surface area contributed by atoms with Gasteiger partial charge in [0.25, 0.3) is 5.56 Å². The van der Waals surface area contributed by atoms with Crippen LogP contribution in [0.5, 0.6) is 11.6 Å². The van der Waals surface area contributed by atoms with Crippen LogP contribution in [-0.2, 0) is 17.9 Å². The van der Waals surface area contributed by atoms with Gasteiger partial charge in [-0.05, 0) is 67.1 Å². The van der Waals surface area contributed by atoms with Crippen LogP contribution in [0.4, 0.5) is 24.7 Å². The number of alkyl halides is 3. The molecule has 0 aliphatic carbocycles. The molecule has 0 saturated heterocycles. The molecule has 1 amide bonds. The van der Waals surface area contributed by atoms with Crippen LogP contribution in [0.3, 0.4) is 0 Å². The summed E-state index contributed by atoms with van der Waals surface area (Å²) >= 11 is 0. The number of hydrogen-bond acceptors (Lipinski definition) is 7. The van der Waals surface area contributed by atoms with E-state index in [4.69, 9.17) is 4.74 Å². The van der Waals surface area contributed by atoms with Gasteiger partial charge in [0.15, 0.2) is 11.3 Å². The third-order valence-electron chi connectivity index (χ3n) is 6.54. The fourth-order valence-corrected chi connectivity index (χ4v) is 4.73. The number of carbonyl (C=O) groups excluding carboxylic acids is 1. The van der Waals surface area contributed by atoms with Gasteiger partial charge in [-0.1, -0.05) is 12.6 Å². The highest BCUT2D eigenvalue weighted by atomic mass is 19.4. The standard InChI is InChI=1S/C29H22F3N7O3/c1-3-22(40)35-18-7-9-19(10-8-18)39-26-21-12-11-20(42-23-6-4-5-16(2)34-23)13-17(21)14-33-27-24(26)25(36-39)28(41)38(37-27)15-29(30,31)32/h3-13H,1,14-15H2,2H3,(H,33,37)(H,35,40). The molecule has 0 radical (unpaired) electrons. The maximum atomic E-state index is 13.3. The van der Waals surface area contributed by atoms with E-state index < -0.39 is 18.3 Å². The molecular formula is C29H22F3N7O3. The number of pyridine rings is 1. The normalized spacial score (nSPS) is 12.3. The Morgan fingerprint density at radius 2 is 1.93 bits per heavy atom. The smallest absolute Gasteiger partial charge is 0.408 e. The third kappa shape index (κ3) is 5.07. The number of rotatable bonds is 6. The molecule has 0 fully saturated rings. The number of halogens is 3. The van der Waals surface area contributed by atoms with E-state index in [0.717, 1.165) is 17.3 Å². The van der Waals surface area contributed by atoms with Gasteiger partial charge in [-0.15, -0.1) is 0 Å². The van der Waals surface area contributed by atoms with Crippen molar-refractivity contribution in [1.29, 1.82) is 0 Å². The van der Waals surface area contributed by atoms with Crippen LogP contribution in [0.1, 0.15) is 11.3 Å². The number of nitrogens with zero attached hydrogens (tertiary/aromatic N) is 5. The minimum absolute atomic E-state index is 0.0870. The van der Waals surface area contributed by atoms with Crippen LogP contribution >= 0.6 is 0 Å². The van der Waals surface area contributed by atoms with Crippen molar-refractivity contribution in [2.24, 2.45) is 0 Å². The predicted octanol–water partition coefficient (Wildman–Crippen LogP) is 5.36. The summed E-state index contributed by atoms with van der Waals surface area (Å²) in [7, 11) is 0. The van der Waals surface area contributed by atoms with Gasteiger partial charge in [-0.2, -0.15) is 23.4 Å². The summed E-state index contributed by atoms with van der Waals surface area (Å²) in [6.07, 6.45) is -3.53. The molecule has 3 aromatic heterocycles. The number of anilines is 2. The van der Waals surface area contributed by atoms with Gasteiger partial charge >= 0.3 is 6.18 Å². The Balaban J connectivity index is 1.52. The first-order chi connectivity index (χ1) is 20.1. The summed E-state index contributed by atoms with van der Waals surface area (Å²) < 4.78 is 47.8. The van der Waals surface area contributed by atoms with E-state index >= 15 is 0 Å². The summed E-state index contributed by atoms with van der Waals surface area (Å²) in [5.74, 6) is 0.596. The van der Waals surface area contributed by atoms with Gasteiger partial charge in [0.05, 0.1) is 16.8 Å². The van der Waals surface area contributed by atoms with E-state index in [1.54, 1.807) is 48.5 Å². The highest BCUT2D eigenvalue weighted by molar-refractivity contribution is 6.03. The van der Waals surface area contributed by atoms with Crippen LogP contribution in [0.15, 0.2) is 78.1 Å². The quantitative estimate of drug-likeness (QED) is 0.263. The third-order valence-corrected chi connectivity index (χ3v) is 6.54. The van der Waals surface area contributed by atoms with Gasteiger partial charge in [-0.3, -0.25) is 9.59 Å². The summed E-state index contributed by atoms with van der Waals surface area (Å²) in [6, 6.07) is 17.3. The van der Waals surface area contributed by atoms with E-state index in [2.05, 4.69) is 32.4 Å². The fourth-order valence-electron chi connectivity index (χ4n) is 4.73. The van der Waals surface area contributed by atoms with Gasteiger partial charge in [-0.25, -0.2) is 14.3 Å². The molecule has 10 nitrogen and oxygen atoms in total. The van der Waals surface area contributed by atoms with Crippen LogP contribution in [-0.4, -0.2) is 36.6 Å². The molecule has 0 spiro atoms. The number of fused-ring (bicyclic) bond motifs is 2. The molecule has 212 valence electrons. The van der Waals surface area contributed by atoms with Crippen molar-refractivity contribution in [3.05, 3.63) is 94.9 Å². The molecule has 2 aromatic carbocycles. The molecule has 6 rings (SSSR count). The van der Waals surface area contributed by atoms with Crippen molar-refractivity contribution >= 4 is 28.3 Å². The zero-order valence-electron chi connectivity index (χ0n) is 22.1. The van der Waals surface area contributed by atoms with Crippen LogP contribution < -0.4 is 20.9 Å². The van der Waals surface area contributed by atoms with Crippen LogP contribution in [0.25, 0.3) is 27.8 Å². The Hall–Kier alpha value is -5.46. The minimum atomic E-state index is -4.67. The van der Waals surface area contributed by atoms with Crippen molar-refractivity contribution in [3.8, 4) is 28.6 Å². The first-order valence-electron chi connectivity index (χ1n) is 12.7. The number of hydrogen-bond donors (Lipinski definition) is 2. The van der Waals surface area contributed by atoms with Gasteiger partial charge in [0.1, 0.15) is 12.3 Å². The summed E-state index contributed by atoms with van der Waals surface area (Å²) in [4.78, 5) is 29.3. The lowest BCUT2D eigenvalue weighted by Crippen LogP contribution is -2.31. The monoisotopic (exact) mass is 573 g/mol. The fraction of sp³-hybridized carbons (Fsp3) is 0.138. The lowest BCUT2D eigenvalue weighted by Gasteiger charge is -2.13. The Morgan fingerprint density at radius 1 is 1.14 bits per heavy atom. The summed E-state index contributed by atoms with van der Waals surface area (Å²) in [5.41, 5.74) is 2.50. The highest BCUT2D eigenvalue weighted by Crippen LogP contribution is 2.40. The van der Waals surface area contributed by atoms with E-state index in [0.29, 0.717) is 38.9 Å². The second-order valence-corrected chi connectivity index (χ2v) is 9.54. The molecule has 42 heavy (non-hydrogen) atoms. The first kappa shape index (κ1) is 26.7. The van der Waals surface area contributed by atoms with Gasteiger partial charge in [0.2, 0.25) is 11.8 Å². The molecule has 2 N–H and O–H groups in total. The second kappa shape index (κ2) is 10.2. The zero-order valence-corrected chi connectivity index (χ0v) is 22.1. The number of benzene rings is 2. The number of carbonyl (C=O) groups is 1. The van der Waals surface area contributed by atoms with E-state index in [1.807, 2.05) is 19.1 Å². The topological polar surface area (TPSA) is 116 Å². The molecule has 1 aliphatic heterocycles. The van der Waals surface area contributed by atoms with Crippen LogP contribution in [0, 0.1) is 6.92 Å². The van der Waals surface area contributed by atoms with Gasteiger partial charge < -0.3 is 15.4 Å². The largest absolute Gasteiger partial charge is 0.439 e. The maximum absolute atomic E-state index is 13.3. The van der Waals surface area contributed by atoms with Crippen molar-refractivity contribution < 1.29 is 22.7 Å². The number of aryl methyl sites for hydroxylation is 1. The number of nitrogens with one attached hydrogen (secondary N) is 2. The summed E-state index contributed by atoms with van der Waals surface area (Å²) in [5, 5.41) is 14.5. The molecule has 0 bridgehead atoms. The van der Waals surface area contributed by atoms with E-state index in [9.17, 15) is 22.8 Å². The van der Waals surface area contributed by atoms with Crippen molar-refractivity contribution in [2.45, 2.75) is 26.2 Å². The number of ether oxygens (including phenoxy) is 1. The molecule has 0 saturated carbocycles. The Kier molecular flexibility index (Phi) is 6.48. The number of amides is 1. The zero-order chi connectivity index (χ0) is 29.6. The summed E-state index contributed by atoms with van der Waals surface area (Å²) in [6.45, 7) is 3.90. The maximum Gasteiger partial charge on any atom is 0.408 e. The molecule has 13 heteroatoms. The van der Waals surface area contributed by atoms with E-state index in [1.165, 1.54) is 4.68 Å². The predicted molar refractivity (Wildman–Crippen MR) is 150 cm³/mol. The van der Waals surface area contributed by atoms with Crippen molar-refractivity contribution in [3.63, 3.8) is 0 Å². The van der Waals surface area contributed by atoms with Crippen LogP contribution in [0.2, 0.25) is 0 Å².